The molecule has 0 spiro atoms. The third-order valence-electron chi connectivity index (χ3n) is 2.59. The normalized spacial score (nSPS) is 10.3. The van der Waals surface area contributed by atoms with E-state index in [1.165, 1.54) is 0 Å². The first-order chi connectivity index (χ1) is 8.63. The van der Waals surface area contributed by atoms with E-state index in [0.717, 1.165) is 21.9 Å². The van der Waals surface area contributed by atoms with Crippen molar-refractivity contribution in [1.82, 2.24) is 9.97 Å². The van der Waals surface area contributed by atoms with Crippen molar-refractivity contribution in [2.45, 2.75) is 13.8 Å². The summed E-state index contributed by atoms with van der Waals surface area (Å²) in [4.78, 5) is 19.9. The number of hydrogen-bond donors (Lipinski definition) is 0. The smallest absolute Gasteiger partial charge is 0.356 e. The zero-order valence-corrected chi connectivity index (χ0v) is 10.4. The van der Waals surface area contributed by atoms with Crippen molar-refractivity contribution in [2.24, 2.45) is 0 Å². The van der Waals surface area contributed by atoms with Crippen molar-refractivity contribution in [3.8, 4) is 0 Å². The summed E-state index contributed by atoms with van der Waals surface area (Å²) in [6.45, 7) is 7.92. The van der Waals surface area contributed by atoms with Gasteiger partial charge >= 0.3 is 5.97 Å². The summed E-state index contributed by atoms with van der Waals surface area (Å²) < 4.78 is 4.94. The lowest BCUT2D eigenvalue weighted by molar-refractivity contribution is 0.0520. The van der Waals surface area contributed by atoms with Gasteiger partial charge in [0.1, 0.15) is 5.69 Å². The summed E-state index contributed by atoms with van der Waals surface area (Å²) in [6, 6.07) is 1.72. The number of carbonyl (C=O) groups excluding carboxylic acids is 1. The second-order valence-corrected chi connectivity index (χ2v) is 3.98. The molecule has 0 amide bonds. The highest BCUT2D eigenvalue weighted by molar-refractivity contribution is 5.97. The van der Waals surface area contributed by atoms with Crippen molar-refractivity contribution < 1.29 is 9.53 Å². The highest BCUT2D eigenvalue weighted by Gasteiger charge is 2.11. The molecule has 4 heteroatoms. The highest BCUT2D eigenvalue weighted by Crippen LogP contribution is 2.23. The Morgan fingerprint density at radius 3 is 2.83 bits per heavy atom. The first kappa shape index (κ1) is 12.2. The maximum Gasteiger partial charge on any atom is 0.356 e. The fourth-order valence-electron chi connectivity index (χ4n) is 1.72. The lowest BCUT2D eigenvalue weighted by Gasteiger charge is -2.07. The molecular formula is C14H14N2O2. The molecule has 18 heavy (non-hydrogen) atoms. The quantitative estimate of drug-likeness (QED) is 0.776. The van der Waals surface area contributed by atoms with Crippen LogP contribution >= 0.6 is 0 Å². The number of aromatic nitrogens is 2. The fraction of sp³-hybridized carbons (Fsp3) is 0.214. The van der Waals surface area contributed by atoms with E-state index in [9.17, 15) is 4.79 Å². The van der Waals surface area contributed by atoms with E-state index in [-0.39, 0.29) is 0 Å². The Labute approximate surface area is 105 Å². The highest BCUT2D eigenvalue weighted by atomic mass is 16.5. The first-order valence-corrected chi connectivity index (χ1v) is 5.70. The van der Waals surface area contributed by atoms with Crippen LogP contribution in [-0.4, -0.2) is 22.5 Å². The van der Waals surface area contributed by atoms with E-state index in [0.29, 0.717) is 12.3 Å². The first-order valence-electron chi connectivity index (χ1n) is 5.70. The molecule has 2 heterocycles. The van der Waals surface area contributed by atoms with Crippen molar-refractivity contribution in [1.29, 1.82) is 0 Å². The second kappa shape index (κ2) is 4.96. The van der Waals surface area contributed by atoms with Crippen LogP contribution in [0, 0.1) is 0 Å². The molecule has 0 fully saturated rings. The van der Waals surface area contributed by atoms with Gasteiger partial charge in [-0.15, -0.1) is 0 Å². The van der Waals surface area contributed by atoms with Crippen LogP contribution in [0.3, 0.4) is 0 Å². The molecule has 0 N–H and O–H groups in total. The number of fused-ring (bicyclic) bond motifs is 1. The number of hydrogen-bond acceptors (Lipinski definition) is 4. The number of carbonyl (C=O) groups is 1. The maximum absolute atomic E-state index is 11.6. The van der Waals surface area contributed by atoms with Crippen LogP contribution in [0.15, 0.2) is 31.2 Å². The monoisotopic (exact) mass is 242 g/mol. The Morgan fingerprint density at radius 1 is 1.39 bits per heavy atom. The minimum atomic E-state index is -0.413. The summed E-state index contributed by atoms with van der Waals surface area (Å²) in [5.74, 6) is -0.413. The van der Waals surface area contributed by atoms with Crippen LogP contribution < -0.4 is 0 Å². The minimum Gasteiger partial charge on any atom is -0.461 e. The summed E-state index contributed by atoms with van der Waals surface area (Å²) in [5.41, 5.74) is 2.12. The predicted octanol–water partition coefficient (Wildman–Crippen LogP) is 2.84. The second-order valence-electron chi connectivity index (χ2n) is 3.98. The van der Waals surface area contributed by atoms with Gasteiger partial charge in [-0.05, 0) is 30.9 Å². The van der Waals surface area contributed by atoms with Gasteiger partial charge in [-0.3, -0.25) is 4.98 Å². The molecule has 0 aliphatic heterocycles. The van der Waals surface area contributed by atoms with Gasteiger partial charge in [-0.25, -0.2) is 9.78 Å². The molecule has 0 aromatic carbocycles. The SMILES string of the molecule is C=C(C)c1cncc2cnc(C(=O)OCC)cc12. The van der Waals surface area contributed by atoms with Crippen molar-refractivity contribution >= 4 is 22.3 Å². The molecule has 0 radical (unpaired) electrons. The molecular weight excluding hydrogens is 228 g/mol. The Bertz CT molecular complexity index is 620. The van der Waals surface area contributed by atoms with E-state index in [1.807, 2.05) is 6.92 Å². The number of esters is 1. The molecule has 2 rings (SSSR count). The van der Waals surface area contributed by atoms with Crippen LogP contribution in [0.1, 0.15) is 29.9 Å². The topological polar surface area (TPSA) is 52.1 Å². The minimum absolute atomic E-state index is 0.304. The molecule has 0 atom stereocenters. The van der Waals surface area contributed by atoms with Gasteiger partial charge in [0.25, 0.3) is 0 Å². The van der Waals surface area contributed by atoms with Crippen LogP contribution in [0.25, 0.3) is 16.3 Å². The summed E-state index contributed by atoms with van der Waals surface area (Å²) in [6.07, 6.45) is 5.07. The van der Waals surface area contributed by atoms with Crippen molar-refractivity contribution in [3.63, 3.8) is 0 Å². The lowest BCUT2D eigenvalue weighted by atomic mass is 10.0. The van der Waals surface area contributed by atoms with Gasteiger partial charge < -0.3 is 4.74 Å². The van der Waals surface area contributed by atoms with E-state index >= 15 is 0 Å². The van der Waals surface area contributed by atoms with Gasteiger partial charge in [0.15, 0.2) is 0 Å². The Kier molecular flexibility index (Phi) is 3.37. The number of rotatable bonds is 3. The number of ether oxygens (including phenoxy) is 1. The summed E-state index contributed by atoms with van der Waals surface area (Å²) >= 11 is 0. The Balaban J connectivity index is 2.58. The molecule has 0 saturated heterocycles. The Hall–Kier alpha value is -2.23. The van der Waals surface area contributed by atoms with Crippen LogP contribution in [0.4, 0.5) is 0 Å². The standard InChI is InChI=1S/C14H14N2O2/c1-4-18-14(17)13-5-11-10(7-16-13)6-15-8-12(11)9(2)3/h5-8H,2,4H2,1,3H3. The van der Waals surface area contributed by atoms with Crippen LogP contribution in [0.5, 0.6) is 0 Å². The molecule has 4 nitrogen and oxygen atoms in total. The molecule has 2 aromatic rings. The zero-order chi connectivity index (χ0) is 13.1. The number of pyridine rings is 2. The van der Waals surface area contributed by atoms with Gasteiger partial charge in [0.2, 0.25) is 0 Å². The molecule has 2 aromatic heterocycles. The number of nitrogens with zero attached hydrogens (tertiary/aromatic N) is 2. The Morgan fingerprint density at radius 2 is 2.17 bits per heavy atom. The van der Waals surface area contributed by atoms with Gasteiger partial charge in [-0.1, -0.05) is 6.58 Å². The lowest BCUT2D eigenvalue weighted by Crippen LogP contribution is -2.07. The molecule has 0 bridgehead atoms. The van der Waals surface area contributed by atoms with Gasteiger partial charge in [0, 0.05) is 29.5 Å². The van der Waals surface area contributed by atoms with E-state index in [2.05, 4.69) is 16.5 Å². The fourth-order valence-corrected chi connectivity index (χ4v) is 1.72. The average molecular weight is 242 g/mol. The van der Waals surface area contributed by atoms with Crippen molar-refractivity contribution in [2.75, 3.05) is 6.61 Å². The largest absolute Gasteiger partial charge is 0.461 e. The third-order valence-corrected chi connectivity index (χ3v) is 2.59. The van der Waals surface area contributed by atoms with Crippen molar-refractivity contribution in [3.05, 3.63) is 42.5 Å². The van der Waals surface area contributed by atoms with Crippen LogP contribution in [-0.2, 0) is 4.74 Å². The number of allylic oxidation sites excluding steroid dienone is 1. The predicted molar refractivity (Wildman–Crippen MR) is 70.2 cm³/mol. The molecule has 0 aliphatic rings. The van der Waals surface area contributed by atoms with E-state index in [4.69, 9.17) is 4.74 Å². The van der Waals surface area contributed by atoms with Gasteiger partial charge in [0.05, 0.1) is 6.61 Å². The molecule has 0 aliphatic carbocycles. The summed E-state index contributed by atoms with van der Waals surface area (Å²) in [7, 11) is 0. The molecule has 0 unspecified atom stereocenters. The summed E-state index contributed by atoms with van der Waals surface area (Å²) in [5, 5.41) is 1.79. The third kappa shape index (κ3) is 2.22. The average Bonchev–Trinajstić information content (AvgIpc) is 2.37. The van der Waals surface area contributed by atoms with Crippen LogP contribution in [0.2, 0.25) is 0 Å². The molecule has 92 valence electrons. The molecule has 0 saturated carbocycles. The van der Waals surface area contributed by atoms with E-state index < -0.39 is 5.97 Å². The van der Waals surface area contributed by atoms with E-state index in [1.54, 1.807) is 31.6 Å². The van der Waals surface area contributed by atoms with Gasteiger partial charge in [-0.2, -0.15) is 0 Å². The zero-order valence-electron chi connectivity index (χ0n) is 10.4. The maximum atomic E-state index is 11.6.